The SMILES string of the molecule is CCCCCCCCCCC/C=C/CCCC(CC(=O)O)C(=O)OCCC. The maximum Gasteiger partial charge on any atom is 0.309 e. The number of ether oxygens (including phenoxy) is 1. The van der Waals surface area contributed by atoms with E-state index in [9.17, 15) is 9.59 Å². The number of allylic oxidation sites excluding steroid dienone is 2. The summed E-state index contributed by atoms with van der Waals surface area (Å²) in [4.78, 5) is 22.8. The lowest BCUT2D eigenvalue weighted by Crippen LogP contribution is -2.21. The molecule has 0 aliphatic rings. The maximum absolute atomic E-state index is 11.9. The number of unbranched alkanes of at least 4 members (excludes halogenated alkanes) is 10. The van der Waals surface area contributed by atoms with Crippen LogP contribution in [0.25, 0.3) is 0 Å². The smallest absolute Gasteiger partial charge is 0.309 e. The molecule has 0 spiro atoms. The molecule has 0 aliphatic carbocycles. The van der Waals surface area contributed by atoms with E-state index in [1.807, 2.05) is 6.92 Å². The number of carbonyl (C=O) groups is 2. The highest BCUT2D eigenvalue weighted by molar-refractivity contribution is 5.79. The van der Waals surface area contributed by atoms with E-state index in [-0.39, 0.29) is 12.4 Å². The number of carboxylic acid groups (broad SMARTS) is 1. The molecule has 0 aromatic heterocycles. The van der Waals surface area contributed by atoms with Crippen molar-refractivity contribution in [3.63, 3.8) is 0 Å². The molecule has 0 saturated carbocycles. The third kappa shape index (κ3) is 17.8. The lowest BCUT2D eigenvalue weighted by Gasteiger charge is -2.13. The fraction of sp³-hybridized carbons (Fsp3) is 0.826. The molecule has 27 heavy (non-hydrogen) atoms. The van der Waals surface area contributed by atoms with Crippen molar-refractivity contribution in [1.82, 2.24) is 0 Å². The molecular weight excluding hydrogens is 340 g/mol. The zero-order valence-corrected chi connectivity index (χ0v) is 17.7. The molecule has 0 aliphatic heterocycles. The monoisotopic (exact) mass is 382 g/mol. The third-order valence-corrected chi connectivity index (χ3v) is 4.77. The van der Waals surface area contributed by atoms with Crippen LogP contribution >= 0.6 is 0 Å². The minimum Gasteiger partial charge on any atom is -0.481 e. The topological polar surface area (TPSA) is 63.6 Å². The summed E-state index contributed by atoms with van der Waals surface area (Å²) in [5.41, 5.74) is 0. The predicted molar refractivity (Wildman–Crippen MR) is 112 cm³/mol. The van der Waals surface area contributed by atoms with E-state index in [4.69, 9.17) is 9.84 Å². The van der Waals surface area contributed by atoms with Gasteiger partial charge in [-0.25, -0.2) is 0 Å². The molecule has 0 radical (unpaired) electrons. The molecule has 0 rings (SSSR count). The number of aliphatic carboxylic acids is 1. The van der Waals surface area contributed by atoms with Crippen LogP contribution in [0.2, 0.25) is 0 Å². The minimum absolute atomic E-state index is 0.134. The molecule has 1 unspecified atom stereocenters. The fourth-order valence-corrected chi connectivity index (χ4v) is 3.13. The summed E-state index contributed by atoms with van der Waals surface area (Å²) in [5, 5.41) is 8.95. The molecule has 0 aromatic rings. The average Bonchev–Trinajstić information content (AvgIpc) is 2.65. The summed E-state index contributed by atoms with van der Waals surface area (Å²) in [6, 6.07) is 0. The van der Waals surface area contributed by atoms with Gasteiger partial charge in [0.15, 0.2) is 0 Å². The van der Waals surface area contributed by atoms with Crippen LogP contribution in [-0.4, -0.2) is 23.7 Å². The Morgan fingerprint density at radius 1 is 0.815 bits per heavy atom. The van der Waals surface area contributed by atoms with Gasteiger partial charge in [0.1, 0.15) is 0 Å². The Morgan fingerprint density at radius 2 is 1.37 bits per heavy atom. The van der Waals surface area contributed by atoms with E-state index in [1.54, 1.807) is 0 Å². The zero-order chi connectivity index (χ0) is 20.2. The maximum atomic E-state index is 11.9. The summed E-state index contributed by atoms with van der Waals surface area (Å²) >= 11 is 0. The Bertz CT molecular complexity index is 390. The van der Waals surface area contributed by atoms with Crippen molar-refractivity contribution < 1.29 is 19.4 Å². The van der Waals surface area contributed by atoms with Crippen molar-refractivity contribution in [2.45, 2.75) is 110 Å². The molecule has 4 heteroatoms. The summed E-state index contributed by atoms with van der Waals surface area (Å²) in [6.45, 7) is 4.55. The van der Waals surface area contributed by atoms with Crippen LogP contribution in [0, 0.1) is 5.92 Å². The first-order chi connectivity index (χ1) is 13.1. The van der Waals surface area contributed by atoms with Gasteiger partial charge in [-0.3, -0.25) is 9.59 Å². The van der Waals surface area contributed by atoms with Crippen molar-refractivity contribution in [1.29, 1.82) is 0 Å². The second-order valence-corrected chi connectivity index (χ2v) is 7.48. The van der Waals surface area contributed by atoms with Crippen molar-refractivity contribution in [2.24, 2.45) is 5.92 Å². The van der Waals surface area contributed by atoms with Gasteiger partial charge in [-0.2, -0.15) is 0 Å². The number of rotatable bonds is 19. The highest BCUT2D eigenvalue weighted by Gasteiger charge is 2.22. The third-order valence-electron chi connectivity index (χ3n) is 4.77. The highest BCUT2D eigenvalue weighted by atomic mass is 16.5. The van der Waals surface area contributed by atoms with E-state index in [0.717, 1.165) is 25.7 Å². The van der Waals surface area contributed by atoms with Crippen LogP contribution in [0.15, 0.2) is 12.2 Å². The molecule has 0 saturated heterocycles. The molecule has 0 fully saturated rings. The molecule has 1 N–H and O–H groups in total. The summed E-state index contributed by atoms with van der Waals surface area (Å²) in [5.74, 6) is -1.81. The number of hydrogen-bond donors (Lipinski definition) is 1. The Balaban J connectivity index is 3.66. The summed E-state index contributed by atoms with van der Waals surface area (Å²) in [7, 11) is 0. The van der Waals surface area contributed by atoms with Crippen LogP contribution in [-0.2, 0) is 14.3 Å². The quantitative estimate of drug-likeness (QED) is 0.154. The Labute approximate surface area is 166 Å². The van der Waals surface area contributed by atoms with Crippen LogP contribution in [0.5, 0.6) is 0 Å². The zero-order valence-electron chi connectivity index (χ0n) is 17.7. The van der Waals surface area contributed by atoms with Crippen LogP contribution < -0.4 is 0 Å². The van der Waals surface area contributed by atoms with Crippen molar-refractivity contribution in [2.75, 3.05) is 6.61 Å². The van der Waals surface area contributed by atoms with Crippen LogP contribution in [0.3, 0.4) is 0 Å². The average molecular weight is 383 g/mol. The van der Waals surface area contributed by atoms with Gasteiger partial charge in [0.05, 0.1) is 18.9 Å². The van der Waals surface area contributed by atoms with Gasteiger partial charge < -0.3 is 9.84 Å². The number of carbonyl (C=O) groups excluding carboxylic acids is 1. The Morgan fingerprint density at radius 3 is 1.93 bits per heavy atom. The highest BCUT2D eigenvalue weighted by Crippen LogP contribution is 2.16. The standard InChI is InChI=1S/C23H42O4/c1-3-5-6-7-8-9-10-11-12-13-14-15-16-17-18-21(20-22(24)25)23(26)27-19-4-2/h14-15,21H,3-13,16-20H2,1-2H3,(H,24,25)/b15-14+. The first-order valence-corrected chi connectivity index (χ1v) is 11.1. The molecule has 0 bridgehead atoms. The first-order valence-electron chi connectivity index (χ1n) is 11.1. The van der Waals surface area contributed by atoms with Gasteiger partial charge in [0.25, 0.3) is 0 Å². The van der Waals surface area contributed by atoms with E-state index in [0.29, 0.717) is 13.0 Å². The van der Waals surface area contributed by atoms with E-state index in [2.05, 4.69) is 19.1 Å². The van der Waals surface area contributed by atoms with Crippen molar-refractivity contribution in [3.8, 4) is 0 Å². The molecule has 158 valence electrons. The summed E-state index contributed by atoms with van der Waals surface area (Å²) in [6.07, 6.45) is 20.6. The predicted octanol–water partition coefficient (Wildman–Crippen LogP) is 6.68. The molecule has 0 aromatic carbocycles. The second-order valence-electron chi connectivity index (χ2n) is 7.48. The minimum atomic E-state index is -0.936. The lowest BCUT2D eigenvalue weighted by molar-refractivity contribution is -0.153. The van der Waals surface area contributed by atoms with E-state index >= 15 is 0 Å². The van der Waals surface area contributed by atoms with E-state index in [1.165, 1.54) is 57.8 Å². The second kappa shape index (κ2) is 19.4. The molecular formula is C23H42O4. The number of esters is 1. The van der Waals surface area contributed by atoms with E-state index < -0.39 is 11.9 Å². The molecule has 1 atom stereocenters. The van der Waals surface area contributed by atoms with Crippen LogP contribution in [0.1, 0.15) is 110 Å². The lowest BCUT2D eigenvalue weighted by atomic mass is 9.98. The number of hydrogen-bond acceptors (Lipinski definition) is 3. The molecule has 0 heterocycles. The Hall–Kier alpha value is -1.32. The fourth-order valence-electron chi connectivity index (χ4n) is 3.13. The van der Waals surface area contributed by atoms with Gasteiger partial charge in [-0.1, -0.05) is 77.4 Å². The molecule has 4 nitrogen and oxygen atoms in total. The number of carboxylic acids is 1. The van der Waals surface area contributed by atoms with Gasteiger partial charge in [0.2, 0.25) is 0 Å². The van der Waals surface area contributed by atoms with Crippen LogP contribution in [0.4, 0.5) is 0 Å². The first kappa shape index (κ1) is 25.7. The van der Waals surface area contributed by atoms with Gasteiger partial charge in [0, 0.05) is 0 Å². The van der Waals surface area contributed by atoms with Crippen molar-refractivity contribution >= 4 is 11.9 Å². The summed E-state index contributed by atoms with van der Waals surface area (Å²) < 4.78 is 5.10. The van der Waals surface area contributed by atoms with Gasteiger partial charge in [-0.15, -0.1) is 0 Å². The Kier molecular flexibility index (Phi) is 18.5. The van der Waals surface area contributed by atoms with Gasteiger partial charge >= 0.3 is 11.9 Å². The van der Waals surface area contributed by atoms with Crippen molar-refractivity contribution in [3.05, 3.63) is 12.2 Å². The molecule has 0 amide bonds. The van der Waals surface area contributed by atoms with Gasteiger partial charge in [-0.05, 0) is 38.5 Å². The normalized spacial score (nSPS) is 12.4. The largest absolute Gasteiger partial charge is 0.481 e.